The van der Waals surface area contributed by atoms with Crippen molar-refractivity contribution < 1.29 is 13.2 Å². The van der Waals surface area contributed by atoms with Crippen LogP contribution in [-0.4, -0.2) is 33.7 Å². The maximum Gasteiger partial charge on any atom is 0.251 e. The third-order valence-corrected chi connectivity index (χ3v) is 4.30. The fourth-order valence-electron chi connectivity index (χ4n) is 1.22. The molecule has 0 saturated carbocycles. The topological polar surface area (TPSA) is 101 Å². The first-order chi connectivity index (χ1) is 8.76. The second kappa shape index (κ2) is 6.42. The molecular weight excluding hydrogens is 313 g/mol. The van der Waals surface area contributed by atoms with Crippen molar-refractivity contribution in [3.8, 4) is 0 Å². The summed E-state index contributed by atoms with van der Waals surface area (Å²) in [5, 5.41) is 2.78. The number of benzene rings is 1. The molecule has 0 fully saturated rings. The predicted molar refractivity (Wildman–Crippen MR) is 76.1 cm³/mol. The molecule has 1 aromatic carbocycles. The Morgan fingerprint density at radius 2 is 1.84 bits per heavy atom. The molecule has 0 bridgehead atoms. The van der Waals surface area contributed by atoms with Crippen LogP contribution < -0.4 is 15.8 Å². The van der Waals surface area contributed by atoms with Gasteiger partial charge < -0.3 is 11.1 Å². The molecule has 6 nitrogen and oxygen atoms in total. The number of nitrogens with one attached hydrogen (secondary N) is 2. The van der Waals surface area contributed by atoms with Gasteiger partial charge in [-0.1, -0.05) is 23.2 Å². The molecule has 106 valence electrons. The van der Waals surface area contributed by atoms with Gasteiger partial charge in [-0.2, -0.15) is 0 Å². The molecule has 1 amide bonds. The molecule has 0 unspecified atom stereocenters. The summed E-state index contributed by atoms with van der Waals surface area (Å²) in [5.41, 5.74) is 5.95. The summed E-state index contributed by atoms with van der Waals surface area (Å²) in [6.07, 6.45) is 0. The van der Waals surface area contributed by atoms with Crippen LogP contribution in [0.15, 0.2) is 12.1 Å². The average molecular weight is 326 g/mol. The SMILES string of the molecule is CNS(=O)(=O)CCNC(=O)c1cc(Cl)c(N)c(Cl)c1. The number of rotatable bonds is 5. The summed E-state index contributed by atoms with van der Waals surface area (Å²) in [4.78, 5) is 11.8. The highest BCUT2D eigenvalue weighted by atomic mass is 35.5. The zero-order valence-corrected chi connectivity index (χ0v) is 12.4. The minimum atomic E-state index is -3.36. The Bertz CT molecular complexity index is 567. The van der Waals surface area contributed by atoms with Crippen LogP contribution in [-0.2, 0) is 10.0 Å². The molecule has 1 aromatic rings. The van der Waals surface area contributed by atoms with Gasteiger partial charge in [0, 0.05) is 12.1 Å². The second-order valence-corrected chi connectivity index (χ2v) is 6.49. The average Bonchev–Trinajstić information content (AvgIpc) is 2.35. The normalized spacial score (nSPS) is 11.3. The lowest BCUT2D eigenvalue weighted by Gasteiger charge is -2.08. The summed E-state index contributed by atoms with van der Waals surface area (Å²) < 4.78 is 24.4. The van der Waals surface area contributed by atoms with Crippen molar-refractivity contribution in [2.45, 2.75) is 0 Å². The van der Waals surface area contributed by atoms with Gasteiger partial charge in [-0.3, -0.25) is 4.79 Å². The van der Waals surface area contributed by atoms with Gasteiger partial charge in [0.2, 0.25) is 10.0 Å². The van der Waals surface area contributed by atoms with Gasteiger partial charge in [-0.05, 0) is 19.2 Å². The van der Waals surface area contributed by atoms with Crippen molar-refractivity contribution in [2.24, 2.45) is 0 Å². The van der Waals surface area contributed by atoms with Crippen molar-refractivity contribution in [3.63, 3.8) is 0 Å². The Balaban J connectivity index is 2.70. The molecule has 0 aliphatic rings. The molecule has 19 heavy (non-hydrogen) atoms. The smallest absolute Gasteiger partial charge is 0.251 e. The van der Waals surface area contributed by atoms with Gasteiger partial charge in [0.25, 0.3) is 5.91 Å². The zero-order chi connectivity index (χ0) is 14.6. The van der Waals surface area contributed by atoms with Crippen LogP contribution in [0.3, 0.4) is 0 Å². The van der Waals surface area contributed by atoms with E-state index < -0.39 is 15.9 Å². The van der Waals surface area contributed by atoms with Gasteiger partial charge in [0.1, 0.15) is 0 Å². The van der Waals surface area contributed by atoms with Gasteiger partial charge >= 0.3 is 0 Å². The number of halogens is 2. The maximum absolute atomic E-state index is 11.8. The van der Waals surface area contributed by atoms with Crippen LogP contribution in [0.1, 0.15) is 10.4 Å². The Kier molecular flexibility index (Phi) is 5.42. The van der Waals surface area contributed by atoms with Crippen LogP contribution in [0, 0.1) is 0 Å². The molecule has 0 radical (unpaired) electrons. The maximum atomic E-state index is 11.8. The molecule has 0 saturated heterocycles. The van der Waals surface area contributed by atoms with Crippen LogP contribution in [0.4, 0.5) is 5.69 Å². The van der Waals surface area contributed by atoms with Crippen molar-refractivity contribution in [1.82, 2.24) is 10.0 Å². The Hall–Kier alpha value is -1.02. The molecule has 4 N–H and O–H groups in total. The van der Waals surface area contributed by atoms with Crippen LogP contribution in [0.25, 0.3) is 0 Å². The van der Waals surface area contributed by atoms with E-state index in [1.54, 1.807) is 0 Å². The Morgan fingerprint density at radius 3 is 2.32 bits per heavy atom. The fraction of sp³-hybridized carbons (Fsp3) is 0.300. The van der Waals surface area contributed by atoms with Crippen LogP contribution >= 0.6 is 23.2 Å². The molecule has 0 heterocycles. The highest BCUT2D eigenvalue weighted by molar-refractivity contribution is 7.89. The fourth-order valence-corrected chi connectivity index (χ4v) is 2.28. The van der Waals surface area contributed by atoms with E-state index in [2.05, 4.69) is 10.0 Å². The summed E-state index contributed by atoms with van der Waals surface area (Å²) in [6, 6.07) is 2.73. The number of carbonyl (C=O) groups is 1. The number of nitrogens with two attached hydrogens (primary N) is 1. The van der Waals surface area contributed by atoms with Gasteiger partial charge in [-0.25, -0.2) is 13.1 Å². The van der Waals surface area contributed by atoms with Crippen molar-refractivity contribution >= 4 is 44.8 Å². The zero-order valence-electron chi connectivity index (χ0n) is 10.0. The molecule has 0 aliphatic carbocycles. The molecule has 9 heteroatoms. The Labute approximate surface area is 121 Å². The molecule has 0 aliphatic heterocycles. The number of anilines is 1. The van der Waals surface area contributed by atoms with E-state index in [4.69, 9.17) is 28.9 Å². The van der Waals surface area contributed by atoms with E-state index >= 15 is 0 Å². The molecule has 0 aromatic heterocycles. The van der Waals surface area contributed by atoms with Crippen molar-refractivity contribution in [2.75, 3.05) is 25.1 Å². The number of sulfonamides is 1. The minimum Gasteiger partial charge on any atom is -0.396 e. The molecule has 0 atom stereocenters. The van der Waals surface area contributed by atoms with E-state index in [1.165, 1.54) is 19.2 Å². The van der Waals surface area contributed by atoms with Crippen LogP contribution in [0.2, 0.25) is 10.0 Å². The number of nitrogen functional groups attached to an aromatic ring is 1. The van der Waals surface area contributed by atoms with E-state index in [0.29, 0.717) is 0 Å². The molecular formula is C10H13Cl2N3O3S. The number of hydrogen-bond acceptors (Lipinski definition) is 4. The van der Waals surface area contributed by atoms with E-state index in [-0.39, 0.29) is 33.6 Å². The monoisotopic (exact) mass is 325 g/mol. The second-order valence-electron chi connectivity index (χ2n) is 3.63. The predicted octanol–water partition coefficient (Wildman–Crippen LogP) is 0.855. The van der Waals surface area contributed by atoms with E-state index in [0.717, 1.165) is 0 Å². The quantitative estimate of drug-likeness (QED) is 0.698. The number of hydrogen-bond donors (Lipinski definition) is 3. The van der Waals surface area contributed by atoms with E-state index in [9.17, 15) is 13.2 Å². The standard InChI is InChI=1S/C10H13Cl2N3O3S/c1-14-19(17,18)3-2-15-10(16)6-4-7(11)9(13)8(12)5-6/h4-5,14H,2-3,13H2,1H3,(H,15,16). The summed E-state index contributed by atoms with van der Waals surface area (Å²) in [5.74, 6) is -0.693. The Morgan fingerprint density at radius 1 is 1.32 bits per heavy atom. The van der Waals surface area contributed by atoms with Gasteiger partial charge in [0.15, 0.2) is 0 Å². The minimum absolute atomic E-state index is 0.0262. The van der Waals surface area contributed by atoms with Gasteiger partial charge in [0.05, 0.1) is 21.5 Å². The third kappa shape index (κ3) is 4.54. The first-order valence-electron chi connectivity index (χ1n) is 5.21. The van der Waals surface area contributed by atoms with E-state index in [1.807, 2.05) is 0 Å². The summed E-state index contributed by atoms with van der Waals surface area (Å²) in [7, 11) is -2.05. The molecule has 0 spiro atoms. The largest absolute Gasteiger partial charge is 0.396 e. The first kappa shape index (κ1) is 16.0. The lowest BCUT2D eigenvalue weighted by atomic mass is 10.2. The molecule has 1 rings (SSSR count). The first-order valence-corrected chi connectivity index (χ1v) is 7.61. The lowest BCUT2D eigenvalue weighted by Crippen LogP contribution is -2.32. The van der Waals surface area contributed by atoms with Gasteiger partial charge in [-0.15, -0.1) is 0 Å². The highest BCUT2D eigenvalue weighted by Gasteiger charge is 2.12. The highest BCUT2D eigenvalue weighted by Crippen LogP contribution is 2.28. The third-order valence-electron chi connectivity index (χ3n) is 2.31. The summed E-state index contributed by atoms with van der Waals surface area (Å²) in [6.45, 7) is -0.0262. The number of carbonyl (C=O) groups excluding carboxylic acids is 1. The summed E-state index contributed by atoms with van der Waals surface area (Å²) >= 11 is 11.6. The number of amides is 1. The van der Waals surface area contributed by atoms with Crippen molar-refractivity contribution in [1.29, 1.82) is 0 Å². The lowest BCUT2D eigenvalue weighted by molar-refractivity contribution is 0.0956. The van der Waals surface area contributed by atoms with Crippen molar-refractivity contribution in [3.05, 3.63) is 27.7 Å². The van der Waals surface area contributed by atoms with Crippen LogP contribution in [0.5, 0.6) is 0 Å².